The SMILES string of the molecule is O=S(=O)(c1ccccc1)N1CCC2=Cc3c(cnn3-c3ccc(F)cc3)C[C@]2(CN2CCOCC2)C1. The molecule has 3 aromatic rings. The van der Waals surface area contributed by atoms with Crippen molar-refractivity contribution in [3.8, 4) is 5.69 Å². The quantitative estimate of drug-likeness (QED) is 0.529. The molecule has 36 heavy (non-hydrogen) atoms. The summed E-state index contributed by atoms with van der Waals surface area (Å²) in [7, 11) is -3.60. The first-order valence-corrected chi connectivity index (χ1v) is 13.8. The van der Waals surface area contributed by atoms with Crippen LogP contribution in [0.25, 0.3) is 11.8 Å². The summed E-state index contributed by atoms with van der Waals surface area (Å²) in [5.74, 6) is -0.283. The highest BCUT2D eigenvalue weighted by molar-refractivity contribution is 7.89. The molecule has 0 spiro atoms. The second kappa shape index (κ2) is 9.23. The number of nitrogens with zero attached hydrogens (tertiary/aromatic N) is 4. The number of hydrogen-bond acceptors (Lipinski definition) is 5. The number of piperidine rings is 1. The van der Waals surface area contributed by atoms with Crippen LogP contribution in [0.1, 0.15) is 17.7 Å². The van der Waals surface area contributed by atoms with Crippen molar-refractivity contribution >= 4 is 16.1 Å². The van der Waals surface area contributed by atoms with Crippen LogP contribution in [0, 0.1) is 11.2 Å². The molecule has 0 N–H and O–H groups in total. The Morgan fingerprint density at radius 3 is 2.50 bits per heavy atom. The molecule has 9 heteroatoms. The maximum atomic E-state index is 13.6. The van der Waals surface area contributed by atoms with E-state index in [1.165, 1.54) is 17.7 Å². The monoisotopic (exact) mass is 508 g/mol. The number of benzene rings is 2. The molecule has 2 fully saturated rings. The summed E-state index contributed by atoms with van der Waals surface area (Å²) in [6.07, 6.45) is 5.43. The Balaban J connectivity index is 1.38. The molecule has 1 aromatic heterocycles. The Hall–Kier alpha value is -2.85. The first-order valence-electron chi connectivity index (χ1n) is 12.3. The van der Waals surface area contributed by atoms with Gasteiger partial charge in [0.2, 0.25) is 10.0 Å². The molecule has 0 amide bonds. The Kier molecular flexibility index (Phi) is 6.03. The van der Waals surface area contributed by atoms with Crippen LogP contribution in [0.2, 0.25) is 0 Å². The summed E-state index contributed by atoms with van der Waals surface area (Å²) in [5, 5.41) is 4.63. The van der Waals surface area contributed by atoms with E-state index < -0.39 is 10.0 Å². The average molecular weight is 509 g/mol. The second-order valence-corrected chi connectivity index (χ2v) is 11.8. The molecule has 0 unspecified atom stereocenters. The molecule has 2 aromatic carbocycles. The number of fused-ring (bicyclic) bond motifs is 2. The first-order chi connectivity index (χ1) is 17.4. The third-order valence-corrected chi connectivity index (χ3v) is 9.46. The molecule has 7 nitrogen and oxygen atoms in total. The summed E-state index contributed by atoms with van der Waals surface area (Å²) in [4.78, 5) is 2.73. The molecule has 3 aliphatic rings. The van der Waals surface area contributed by atoms with Gasteiger partial charge in [0.1, 0.15) is 5.82 Å². The summed E-state index contributed by atoms with van der Waals surface area (Å²) < 4.78 is 49.8. The zero-order valence-electron chi connectivity index (χ0n) is 20.0. The molecule has 0 bridgehead atoms. The molecular formula is C27H29FN4O3S. The number of hydrogen-bond donors (Lipinski definition) is 0. The number of ether oxygens (including phenoxy) is 1. The van der Waals surface area contributed by atoms with Gasteiger partial charge in [-0.2, -0.15) is 9.40 Å². The molecule has 1 atom stereocenters. The lowest BCUT2D eigenvalue weighted by Gasteiger charge is -2.48. The van der Waals surface area contributed by atoms with Crippen molar-refractivity contribution in [1.29, 1.82) is 0 Å². The zero-order valence-corrected chi connectivity index (χ0v) is 20.8. The summed E-state index contributed by atoms with van der Waals surface area (Å²) in [6, 6.07) is 15.0. The fraction of sp³-hybridized carbons (Fsp3) is 0.370. The number of sulfonamides is 1. The minimum atomic E-state index is -3.60. The van der Waals surface area contributed by atoms with E-state index in [2.05, 4.69) is 16.1 Å². The lowest BCUT2D eigenvalue weighted by Crippen LogP contribution is -2.55. The Morgan fingerprint density at radius 1 is 1.00 bits per heavy atom. The number of aromatic nitrogens is 2. The van der Waals surface area contributed by atoms with Crippen molar-refractivity contribution in [3.63, 3.8) is 0 Å². The lowest BCUT2D eigenvalue weighted by molar-refractivity contribution is 0.0153. The summed E-state index contributed by atoms with van der Waals surface area (Å²) >= 11 is 0. The van der Waals surface area contributed by atoms with Gasteiger partial charge in [-0.1, -0.05) is 23.8 Å². The number of halogens is 1. The average Bonchev–Trinajstić information content (AvgIpc) is 3.30. The minimum absolute atomic E-state index is 0.283. The molecular weight excluding hydrogens is 479 g/mol. The standard InChI is InChI=1S/C27H29FN4O3S/c28-23-6-8-24(9-7-23)32-26-16-22-10-11-31(36(33,34)25-4-2-1-3-5-25)20-27(22,17-21(26)18-29-32)19-30-12-14-35-15-13-30/h1-9,16,18H,10-15,17,19-20H2/t27-/m0/s1. The van der Waals surface area contributed by atoms with Crippen molar-refractivity contribution in [1.82, 2.24) is 19.0 Å². The predicted molar refractivity (Wildman–Crippen MR) is 135 cm³/mol. The third-order valence-electron chi connectivity index (χ3n) is 7.60. The third kappa shape index (κ3) is 4.20. The maximum absolute atomic E-state index is 13.6. The summed E-state index contributed by atoms with van der Waals surface area (Å²) in [6.45, 7) is 4.68. The van der Waals surface area contributed by atoms with Gasteiger partial charge in [0.25, 0.3) is 0 Å². The van der Waals surface area contributed by atoms with Gasteiger partial charge >= 0.3 is 0 Å². The van der Waals surface area contributed by atoms with Crippen LogP contribution >= 0.6 is 0 Å². The first kappa shape index (κ1) is 23.5. The van der Waals surface area contributed by atoms with E-state index in [0.29, 0.717) is 44.0 Å². The van der Waals surface area contributed by atoms with Gasteiger partial charge in [0, 0.05) is 38.1 Å². The minimum Gasteiger partial charge on any atom is -0.379 e. The fourth-order valence-electron chi connectivity index (χ4n) is 5.76. The number of morpholine rings is 1. The lowest BCUT2D eigenvalue weighted by atomic mass is 9.68. The maximum Gasteiger partial charge on any atom is 0.243 e. The normalized spacial score (nSPS) is 23.1. The molecule has 1 aliphatic carbocycles. The van der Waals surface area contributed by atoms with Crippen LogP contribution in [0.4, 0.5) is 4.39 Å². The van der Waals surface area contributed by atoms with E-state index in [1.807, 2.05) is 16.9 Å². The van der Waals surface area contributed by atoms with Gasteiger partial charge in [-0.05, 0) is 60.9 Å². The highest BCUT2D eigenvalue weighted by Gasteiger charge is 2.47. The zero-order chi connectivity index (χ0) is 24.8. The van der Waals surface area contributed by atoms with Crippen LogP contribution in [0.5, 0.6) is 0 Å². The highest BCUT2D eigenvalue weighted by Crippen LogP contribution is 2.46. The largest absolute Gasteiger partial charge is 0.379 e. The molecule has 2 aliphatic heterocycles. The van der Waals surface area contributed by atoms with Gasteiger partial charge in [0.05, 0.1) is 35.7 Å². The van der Waals surface area contributed by atoms with Gasteiger partial charge in [-0.25, -0.2) is 17.5 Å². The Morgan fingerprint density at radius 2 is 1.75 bits per heavy atom. The van der Waals surface area contributed by atoms with Crippen molar-refractivity contribution in [2.75, 3.05) is 45.9 Å². The Bertz CT molecular complexity index is 1380. The predicted octanol–water partition coefficient (Wildman–Crippen LogP) is 3.36. The number of rotatable bonds is 5. The van der Waals surface area contributed by atoms with Crippen LogP contribution < -0.4 is 0 Å². The van der Waals surface area contributed by atoms with Crippen LogP contribution in [-0.2, 0) is 21.2 Å². The van der Waals surface area contributed by atoms with Crippen molar-refractivity contribution in [2.24, 2.45) is 5.41 Å². The van der Waals surface area contributed by atoms with Crippen molar-refractivity contribution in [2.45, 2.75) is 17.7 Å². The smallest absolute Gasteiger partial charge is 0.243 e. The van der Waals surface area contributed by atoms with E-state index >= 15 is 0 Å². The summed E-state index contributed by atoms with van der Waals surface area (Å²) in [5.41, 5.74) is 3.79. The van der Waals surface area contributed by atoms with Crippen LogP contribution in [-0.4, -0.2) is 73.3 Å². The van der Waals surface area contributed by atoms with E-state index in [9.17, 15) is 12.8 Å². The van der Waals surface area contributed by atoms with Crippen molar-refractivity contribution < 1.29 is 17.5 Å². The topological polar surface area (TPSA) is 67.7 Å². The van der Waals surface area contributed by atoms with E-state index in [1.54, 1.807) is 40.7 Å². The second-order valence-electron chi connectivity index (χ2n) is 9.86. The van der Waals surface area contributed by atoms with Crippen molar-refractivity contribution in [3.05, 3.63) is 83.4 Å². The van der Waals surface area contributed by atoms with Gasteiger partial charge in [-0.15, -0.1) is 0 Å². The van der Waals surface area contributed by atoms with E-state index in [-0.39, 0.29) is 11.2 Å². The van der Waals surface area contributed by atoms with Gasteiger partial charge in [0.15, 0.2) is 0 Å². The molecule has 0 radical (unpaired) electrons. The molecule has 0 saturated carbocycles. The van der Waals surface area contributed by atoms with Gasteiger partial charge < -0.3 is 4.74 Å². The van der Waals surface area contributed by atoms with E-state index in [0.717, 1.165) is 36.6 Å². The molecule has 188 valence electrons. The Labute approximate surface area is 210 Å². The van der Waals surface area contributed by atoms with E-state index in [4.69, 9.17) is 4.74 Å². The molecule has 6 rings (SSSR count). The molecule has 3 heterocycles. The van der Waals surface area contributed by atoms with Crippen LogP contribution in [0.3, 0.4) is 0 Å². The van der Waals surface area contributed by atoms with Gasteiger partial charge in [-0.3, -0.25) is 4.90 Å². The fourth-order valence-corrected chi connectivity index (χ4v) is 7.31. The highest BCUT2D eigenvalue weighted by atomic mass is 32.2. The van der Waals surface area contributed by atoms with Crippen LogP contribution in [0.15, 0.2) is 71.3 Å². The molecule has 2 saturated heterocycles.